The minimum absolute atomic E-state index is 0.0900. The van der Waals surface area contributed by atoms with Gasteiger partial charge in [0.25, 0.3) is 11.7 Å². The van der Waals surface area contributed by atoms with E-state index >= 15 is 0 Å². The number of rotatable bonds is 3. The summed E-state index contributed by atoms with van der Waals surface area (Å²) in [7, 11) is 0. The molecule has 29 heavy (non-hydrogen) atoms. The lowest BCUT2D eigenvalue weighted by Crippen LogP contribution is -2.29. The van der Waals surface area contributed by atoms with Crippen LogP contribution in [0.5, 0.6) is 0 Å². The Balaban J connectivity index is 1.94. The number of hydrogen-bond donors (Lipinski definition) is 1. The van der Waals surface area contributed by atoms with Crippen LogP contribution in [0, 0.1) is 5.82 Å². The number of halogens is 2. The molecule has 0 radical (unpaired) electrons. The van der Waals surface area contributed by atoms with Crippen LogP contribution in [0.3, 0.4) is 0 Å². The summed E-state index contributed by atoms with van der Waals surface area (Å²) in [6.07, 6.45) is 2.99. The van der Waals surface area contributed by atoms with E-state index in [1.165, 1.54) is 35.4 Å². The normalized spacial score (nSPS) is 18.3. The van der Waals surface area contributed by atoms with Gasteiger partial charge < -0.3 is 5.11 Å². The molecule has 2 aromatic carbocycles. The van der Waals surface area contributed by atoms with Crippen molar-refractivity contribution in [1.29, 1.82) is 0 Å². The van der Waals surface area contributed by atoms with E-state index in [9.17, 15) is 19.1 Å². The van der Waals surface area contributed by atoms with Crippen LogP contribution in [0.25, 0.3) is 5.76 Å². The van der Waals surface area contributed by atoms with Crippen LogP contribution < -0.4 is 4.90 Å². The third kappa shape index (κ3) is 3.39. The van der Waals surface area contributed by atoms with Crippen molar-refractivity contribution < 1.29 is 19.1 Å². The third-order valence-corrected chi connectivity index (χ3v) is 4.92. The molecule has 1 aliphatic rings. The maximum Gasteiger partial charge on any atom is 0.300 e. The predicted octanol–water partition coefficient (Wildman–Crippen LogP) is 4.50. The molecular weight excluding hydrogens is 395 g/mol. The van der Waals surface area contributed by atoms with Gasteiger partial charge in [-0.2, -0.15) is 0 Å². The van der Waals surface area contributed by atoms with E-state index in [0.29, 0.717) is 21.8 Å². The van der Waals surface area contributed by atoms with E-state index in [4.69, 9.17) is 11.6 Å². The van der Waals surface area contributed by atoms with Crippen molar-refractivity contribution in [3.8, 4) is 0 Å². The van der Waals surface area contributed by atoms with Crippen molar-refractivity contribution in [1.82, 2.24) is 4.98 Å². The molecule has 1 aromatic heterocycles. The lowest BCUT2D eigenvalue weighted by atomic mass is 9.95. The molecule has 1 N–H and O–H groups in total. The van der Waals surface area contributed by atoms with Crippen molar-refractivity contribution in [3.05, 3.63) is 101 Å². The van der Waals surface area contributed by atoms with Gasteiger partial charge in [-0.05, 0) is 54.1 Å². The smallest absolute Gasteiger partial charge is 0.300 e. The maximum atomic E-state index is 13.5. The highest BCUT2D eigenvalue weighted by Gasteiger charge is 2.47. The molecule has 0 aliphatic carbocycles. The summed E-state index contributed by atoms with van der Waals surface area (Å²) in [6, 6.07) is 14.0. The van der Waals surface area contributed by atoms with E-state index in [0.717, 1.165) is 0 Å². The maximum absolute atomic E-state index is 13.5. The zero-order valence-corrected chi connectivity index (χ0v) is 15.7. The molecule has 0 spiro atoms. The van der Waals surface area contributed by atoms with Gasteiger partial charge in [-0.25, -0.2) is 4.39 Å². The Bertz CT molecular complexity index is 1110. The standard InChI is InChI=1S/C22H14ClFN2O3/c23-15-7-3-14(4-8-15)20(27)18-19(13-5-9-16(24)10-6-13)26(22(29)21(18)28)17-2-1-11-25-12-17/h1-12,19,27H. The second-order valence-corrected chi connectivity index (χ2v) is 6.88. The Morgan fingerprint density at radius 1 is 1.03 bits per heavy atom. The molecule has 1 unspecified atom stereocenters. The molecule has 7 heteroatoms. The zero-order valence-electron chi connectivity index (χ0n) is 14.9. The van der Waals surface area contributed by atoms with Crippen LogP contribution in [-0.4, -0.2) is 21.8 Å². The summed E-state index contributed by atoms with van der Waals surface area (Å²) >= 11 is 5.90. The van der Waals surface area contributed by atoms with Gasteiger partial charge in [0.05, 0.1) is 23.5 Å². The second kappa shape index (κ2) is 7.48. The van der Waals surface area contributed by atoms with Crippen LogP contribution in [-0.2, 0) is 9.59 Å². The molecule has 1 amide bonds. The van der Waals surface area contributed by atoms with Crippen LogP contribution in [0.15, 0.2) is 78.6 Å². The number of carbonyl (C=O) groups excluding carboxylic acids is 2. The van der Waals surface area contributed by atoms with Gasteiger partial charge in [-0.15, -0.1) is 0 Å². The number of anilines is 1. The lowest BCUT2D eigenvalue weighted by Gasteiger charge is -2.25. The SMILES string of the molecule is O=C1C(=O)N(c2cccnc2)C(c2ccc(F)cc2)C1=C(O)c1ccc(Cl)cc1. The van der Waals surface area contributed by atoms with E-state index < -0.39 is 23.5 Å². The number of pyridine rings is 1. The average molecular weight is 409 g/mol. The Hall–Kier alpha value is -3.51. The van der Waals surface area contributed by atoms with E-state index in [1.807, 2.05) is 0 Å². The molecule has 3 aromatic rings. The highest BCUT2D eigenvalue weighted by Crippen LogP contribution is 2.41. The number of carbonyl (C=O) groups is 2. The predicted molar refractivity (Wildman–Crippen MR) is 107 cm³/mol. The van der Waals surface area contributed by atoms with E-state index in [2.05, 4.69) is 4.98 Å². The molecule has 144 valence electrons. The molecular formula is C22H14ClFN2O3. The second-order valence-electron chi connectivity index (χ2n) is 6.44. The third-order valence-electron chi connectivity index (χ3n) is 4.67. The number of amides is 1. The number of hydrogen-bond acceptors (Lipinski definition) is 4. The van der Waals surface area contributed by atoms with E-state index in [1.54, 1.807) is 42.6 Å². The summed E-state index contributed by atoms with van der Waals surface area (Å²) in [5.74, 6) is -2.43. The molecule has 1 aliphatic heterocycles. The molecule has 1 fully saturated rings. The lowest BCUT2D eigenvalue weighted by molar-refractivity contribution is -0.132. The molecule has 1 saturated heterocycles. The first-order valence-corrected chi connectivity index (χ1v) is 9.07. The Labute approximate surface area is 170 Å². The Morgan fingerprint density at radius 3 is 2.34 bits per heavy atom. The van der Waals surface area contributed by atoms with E-state index in [-0.39, 0.29) is 11.3 Å². The molecule has 2 heterocycles. The highest BCUT2D eigenvalue weighted by molar-refractivity contribution is 6.51. The average Bonchev–Trinajstić information content (AvgIpc) is 3.00. The van der Waals surface area contributed by atoms with Gasteiger partial charge >= 0.3 is 0 Å². The number of aromatic nitrogens is 1. The topological polar surface area (TPSA) is 70.5 Å². The minimum Gasteiger partial charge on any atom is -0.507 e. The fourth-order valence-electron chi connectivity index (χ4n) is 3.32. The van der Waals surface area contributed by atoms with Crippen LogP contribution in [0.2, 0.25) is 5.02 Å². The van der Waals surface area contributed by atoms with Gasteiger partial charge in [0.1, 0.15) is 11.6 Å². The summed E-state index contributed by atoms with van der Waals surface area (Å²) in [4.78, 5) is 31.0. The fourth-order valence-corrected chi connectivity index (χ4v) is 3.44. The quantitative estimate of drug-likeness (QED) is 0.393. The summed E-state index contributed by atoms with van der Waals surface area (Å²) in [5, 5.41) is 11.4. The zero-order chi connectivity index (χ0) is 20.5. The number of benzene rings is 2. The van der Waals surface area contributed by atoms with Crippen LogP contribution in [0.1, 0.15) is 17.2 Å². The summed E-state index contributed by atoms with van der Waals surface area (Å²) in [6.45, 7) is 0. The molecule has 4 rings (SSSR count). The fraction of sp³-hybridized carbons (Fsp3) is 0.0455. The van der Waals surface area contributed by atoms with Gasteiger partial charge in [0.2, 0.25) is 0 Å². The van der Waals surface area contributed by atoms with Crippen molar-refractivity contribution in [2.45, 2.75) is 6.04 Å². The molecule has 1 atom stereocenters. The monoisotopic (exact) mass is 408 g/mol. The number of aliphatic hydroxyl groups excluding tert-OH is 1. The van der Waals surface area contributed by atoms with Crippen molar-refractivity contribution in [2.24, 2.45) is 0 Å². The minimum atomic E-state index is -0.935. The van der Waals surface area contributed by atoms with Gasteiger partial charge in [-0.3, -0.25) is 19.5 Å². The first-order chi connectivity index (χ1) is 14.0. The van der Waals surface area contributed by atoms with Crippen molar-refractivity contribution >= 4 is 34.7 Å². The number of Topliss-reactive ketones (excluding diaryl/α,β-unsaturated/α-hetero) is 1. The number of aliphatic hydroxyl groups is 1. The number of nitrogens with zero attached hydrogens (tertiary/aromatic N) is 2. The largest absolute Gasteiger partial charge is 0.507 e. The molecule has 0 bridgehead atoms. The van der Waals surface area contributed by atoms with Gasteiger partial charge in [-0.1, -0.05) is 23.7 Å². The molecule has 0 saturated carbocycles. The van der Waals surface area contributed by atoms with Gasteiger partial charge in [0.15, 0.2) is 0 Å². The highest BCUT2D eigenvalue weighted by atomic mass is 35.5. The Kier molecular flexibility index (Phi) is 4.86. The van der Waals surface area contributed by atoms with Crippen LogP contribution in [0.4, 0.5) is 10.1 Å². The summed E-state index contributed by atoms with van der Waals surface area (Å²) < 4.78 is 13.5. The van der Waals surface area contributed by atoms with Gasteiger partial charge in [0, 0.05) is 16.8 Å². The van der Waals surface area contributed by atoms with Crippen LogP contribution >= 0.6 is 11.6 Å². The van der Waals surface area contributed by atoms with Crippen molar-refractivity contribution in [3.63, 3.8) is 0 Å². The van der Waals surface area contributed by atoms with Crippen molar-refractivity contribution in [2.75, 3.05) is 4.90 Å². The number of ketones is 1. The first kappa shape index (κ1) is 18.8. The molecule has 5 nitrogen and oxygen atoms in total. The summed E-state index contributed by atoms with van der Waals surface area (Å²) in [5.41, 5.74) is 1.11. The Morgan fingerprint density at radius 2 is 1.72 bits per heavy atom. The first-order valence-electron chi connectivity index (χ1n) is 8.70.